The van der Waals surface area contributed by atoms with Gasteiger partial charge in [-0.25, -0.2) is 0 Å². The van der Waals surface area contributed by atoms with Crippen LogP contribution in [0.5, 0.6) is 0 Å². The van der Waals surface area contributed by atoms with E-state index in [9.17, 15) is 4.79 Å². The van der Waals surface area contributed by atoms with Gasteiger partial charge in [-0.1, -0.05) is 54.6 Å². The number of carbonyl (C=O) groups is 1. The van der Waals surface area contributed by atoms with Crippen molar-refractivity contribution < 1.29 is 4.79 Å². The molecule has 0 aliphatic carbocycles. The molecule has 0 spiro atoms. The molecule has 0 aromatic heterocycles. The van der Waals surface area contributed by atoms with E-state index in [1.165, 1.54) is 0 Å². The van der Waals surface area contributed by atoms with Crippen molar-refractivity contribution in [3.05, 3.63) is 71.3 Å². The van der Waals surface area contributed by atoms with Gasteiger partial charge < -0.3 is 5.32 Å². The molecular weight excluding hydrogens is 222 g/mol. The van der Waals surface area contributed by atoms with Gasteiger partial charge in [0.1, 0.15) is 0 Å². The SMILES string of the molecule is O=C1NCc2ccccc2C=C1c1ccccc1. The van der Waals surface area contributed by atoms with Gasteiger partial charge in [0, 0.05) is 12.1 Å². The Labute approximate surface area is 106 Å². The Bertz CT molecular complexity index is 614. The monoisotopic (exact) mass is 235 g/mol. The van der Waals surface area contributed by atoms with Gasteiger partial charge in [0.2, 0.25) is 0 Å². The number of hydrogen-bond acceptors (Lipinski definition) is 1. The van der Waals surface area contributed by atoms with Crippen LogP contribution >= 0.6 is 0 Å². The van der Waals surface area contributed by atoms with Crippen LogP contribution in [0, 0.1) is 0 Å². The maximum atomic E-state index is 12.1. The zero-order chi connectivity index (χ0) is 12.4. The lowest BCUT2D eigenvalue weighted by Crippen LogP contribution is -2.22. The predicted molar refractivity (Wildman–Crippen MR) is 72.6 cm³/mol. The lowest BCUT2D eigenvalue weighted by atomic mass is 10.0. The average Bonchev–Trinajstić information content (AvgIpc) is 2.60. The molecule has 2 aromatic rings. The van der Waals surface area contributed by atoms with Crippen molar-refractivity contribution in [2.45, 2.75) is 6.54 Å². The molecular formula is C16H13NO. The standard InChI is InChI=1S/C16H13NO/c18-16-15(12-6-2-1-3-7-12)10-13-8-4-5-9-14(13)11-17-16/h1-10H,11H2,(H,17,18). The molecule has 88 valence electrons. The molecule has 0 atom stereocenters. The Morgan fingerprint density at radius 3 is 2.44 bits per heavy atom. The van der Waals surface area contributed by atoms with Crippen LogP contribution in [0.25, 0.3) is 11.6 Å². The van der Waals surface area contributed by atoms with Crippen molar-refractivity contribution in [2.24, 2.45) is 0 Å². The molecule has 1 aliphatic rings. The molecule has 0 unspecified atom stereocenters. The first-order valence-electron chi connectivity index (χ1n) is 5.98. The third-order valence-corrected chi connectivity index (χ3v) is 3.12. The number of rotatable bonds is 1. The number of fused-ring (bicyclic) bond motifs is 1. The van der Waals surface area contributed by atoms with Crippen molar-refractivity contribution in [1.29, 1.82) is 0 Å². The lowest BCUT2D eigenvalue weighted by molar-refractivity contribution is -0.115. The van der Waals surface area contributed by atoms with Gasteiger partial charge in [0.15, 0.2) is 0 Å². The van der Waals surface area contributed by atoms with Crippen LogP contribution in [0.15, 0.2) is 54.6 Å². The minimum Gasteiger partial charge on any atom is -0.348 e. The smallest absolute Gasteiger partial charge is 0.252 e. The van der Waals surface area contributed by atoms with Gasteiger partial charge in [0.05, 0.1) is 0 Å². The van der Waals surface area contributed by atoms with Crippen LogP contribution in [0.2, 0.25) is 0 Å². The zero-order valence-electron chi connectivity index (χ0n) is 9.89. The summed E-state index contributed by atoms with van der Waals surface area (Å²) < 4.78 is 0. The highest BCUT2D eigenvalue weighted by Crippen LogP contribution is 2.23. The van der Waals surface area contributed by atoms with E-state index in [-0.39, 0.29) is 5.91 Å². The first-order valence-corrected chi connectivity index (χ1v) is 5.98. The summed E-state index contributed by atoms with van der Waals surface area (Å²) in [6.07, 6.45) is 1.97. The molecule has 0 saturated heterocycles. The number of benzene rings is 2. The Morgan fingerprint density at radius 2 is 1.61 bits per heavy atom. The van der Waals surface area contributed by atoms with Gasteiger partial charge in [-0.05, 0) is 22.8 Å². The van der Waals surface area contributed by atoms with Crippen LogP contribution in [-0.2, 0) is 11.3 Å². The number of nitrogens with one attached hydrogen (secondary N) is 1. The molecule has 1 amide bonds. The van der Waals surface area contributed by atoms with Crippen molar-refractivity contribution in [3.63, 3.8) is 0 Å². The highest BCUT2D eigenvalue weighted by Gasteiger charge is 2.16. The second-order valence-electron chi connectivity index (χ2n) is 4.31. The van der Waals surface area contributed by atoms with E-state index < -0.39 is 0 Å². The largest absolute Gasteiger partial charge is 0.348 e. The van der Waals surface area contributed by atoms with Gasteiger partial charge in [-0.3, -0.25) is 4.79 Å². The summed E-state index contributed by atoms with van der Waals surface area (Å²) in [4.78, 5) is 12.1. The predicted octanol–water partition coefficient (Wildman–Crippen LogP) is 2.86. The molecule has 1 aliphatic heterocycles. The van der Waals surface area contributed by atoms with Gasteiger partial charge in [-0.2, -0.15) is 0 Å². The van der Waals surface area contributed by atoms with Gasteiger partial charge in [0.25, 0.3) is 5.91 Å². The number of amides is 1. The molecule has 18 heavy (non-hydrogen) atoms. The van der Waals surface area contributed by atoms with E-state index >= 15 is 0 Å². The fraction of sp³-hybridized carbons (Fsp3) is 0.0625. The summed E-state index contributed by atoms with van der Waals surface area (Å²) in [5.41, 5.74) is 3.93. The van der Waals surface area contributed by atoms with Gasteiger partial charge >= 0.3 is 0 Å². The molecule has 2 nitrogen and oxygen atoms in total. The third-order valence-electron chi connectivity index (χ3n) is 3.12. The minimum absolute atomic E-state index is 0.0163. The molecule has 0 saturated carbocycles. The molecule has 1 heterocycles. The van der Waals surface area contributed by atoms with Crippen molar-refractivity contribution in [3.8, 4) is 0 Å². The van der Waals surface area contributed by atoms with E-state index in [1.54, 1.807) is 0 Å². The summed E-state index contributed by atoms with van der Waals surface area (Å²) in [7, 11) is 0. The van der Waals surface area contributed by atoms with E-state index in [2.05, 4.69) is 5.32 Å². The molecule has 0 bridgehead atoms. The summed E-state index contributed by atoms with van der Waals surface area (Å²) in [6.45, 7) is 0.585. The van der Waals surface area contributed by atoms with Crippen LogP contribution < -0.4 is 5.32 Å². The third kappa shape index (κ3) is 1.93. The maximum absolute atomic E-state index is 12.1. The Morgan fingerprint density at radius 1 is 0.889 bits per heavy atom. The normalized spacial score (nSPS) is 14.2. The maximum Gasteiger partial charge on any atom is 0.252 e. The quantitative estimate of drug-likeness (QED) is 0.809. The second kappa shape index (κ2) is 4.49. The highest BCUT2D eigenvalue weighted by molar-refractivity contribution is 6.24. The summed E-state index contributed by atoms with van der Waals surface area (Å²) in [6, 6.07) is 17.8. The Kier molecular flexibility index (Phi) is 2.69. The van der Waals surface area contributed by atoms with Crippen molar-refractivity contribution >= 4 is 17.6 Å². The molecule has 2 heteroatoms. The van der Waals surface area contributed by atoms with Crippen molar-refractivity contribution in [1.82, 2.24) is 5.32 Å². The van der Waals surface area contributed by atoms with E-state index in [0.717, 1.165) is 22.3 Å². The summed E-state index contributed by atoms with van der Waals surface area (Å²) >= 11 is 0. The summed E-state index contributed by atoms with van der Waals surface area (Å²) in [5, 5.41) is 2.94. The van der Waals surface area contributed by atoms with Crippen LogP contribution in [0.3, 0.4) is 0 Å². The lowest BCUT2D eigenvalue weighted by Gasteiger charge is -2.05. The fourth-order valence-corrected chi connectivity index (χ4v) is 2.16. The van der Waals surface area contributed by atoms with Crippen LogP contribution in [0.4, 0.5) is 0 Å². The molecule has 3 rings (SSSR count). The van der Waals surface area contributed by atoms with E-state index in [4.69, 9.17) is 0 Å². The summed E-state index contributed by atoms with van der Waals surface area (Å²) in [5.74, 6) is -0.0163. The topological polar surface area (TPSA) is 29.1 Å². The highest BCUT2D eigenvalue weighted by atomic mass is 16.1. The molecule has 0 radical (unpaired) electrons. The van der Waals surface area contributed by atoms with Crippen LogP contribution in [0.1, 0.15) is 16.7 Å². The molecule has 0 fully saturated rings. The zero-order valence-corrected chi connectivity index (χ0v) is 9.89. The first kappa shape index (κ1) is 10.8. The van der Waals surface area contributed by atoms with Crippen molar-refractivity contribution in [2.75, 3.05) is 0 Å². The fourth-order valence-electron chi connectivity index (χ4n) is 2.16. The van der Waals surface area contributed by atoms with Crippen LogP contribution in [-0.4, -0.2) is 5.91 Å². The van der Waals surface area contributed by atoms with E-state index in [1.807, 2.05) is 60.7 Å². The minimum atomic E-state index is -0.0163. The second-order valence-corrected chi connectivity index (χ2v) is 4.31. The Hall–Kier alpha value is -2.35. The molecule has 2 aromatic carbocycles. The average molecular weight is 235 g/mol. The molecule has 1 N–H and O–H groups in total. The number of carbonyl (C=O) groups excluding carboxylic acids is 1. The Balaban J connectivity index is 2.13. The number of hydrogen-bond donors (Lipinski definition) is 1. The van der Waals surface area contributed by atoms with E-state index in [0.29, 0.717) is 6.54 Å². The van der Waals surface area contributed by atoms with Gasteiger partial charge in [-0.15, -0.1) is 0 Å². The first-order chi connectivity index (χ1) is 8.84.